The van der Waals surface area contributed by atoms with Gasteiger partial charge in [0.25, 0.3) is 0 Å². The van der Waals surface area contributed by atoms with Gasteiger partial charge in [0, 0.05) is 0 Å². The first-order valence-electron chi connectivity index (χ1n) is 6.83. The van der Waals surface area contributed by atoms with Crippen LogP contribution in [0.4, 0.5) is 4.39 Å². The van der Waals surface area contributed by atoms with Gasteiger partial charge in [0.05, 0.1) is 5.56 Å². The van der Waals surface area contributed by atoms with Crippen molar-refractivity contribution < 1.29 is 14.2 Å². The molecule has 0 bridgehead atoms. The molecule has 1 N–H and O–H groups in total. The molecule has 2 aromatic carbocycles. The third-order valence-corrected chi connectivity index (χ3v) is 3.05. The highest BCUT2D eigenvalue weighted by Gasteiger charge is 2.03. The highest BCUT2D eigenvalue weighted by Crippen LogP contribution is 2.16. The maximum Gasteiger partial charge on any atom is 0.138 e. The minimum absolute atomic E-state index is 0.271. The predicted octanol–water partition coefficient (Wildman–Crippen LogP) is 3.31. The Morgan fingerprint density at radius 1 is 1.14 bits per heavy atom. The van der Waals surface area contributed by atoms with Crippen molar-refractivity contribution in [2.24, 2.45) is 0 Å². The Kier molecular flexibility index (Phi) is 5.36. The molecule has 0 heterocycles. The first-order valence-corrected chi connectivity index (χ1v) is 6.83. The van der Waals surface area contributed by atoms with Gasteiger partial charge in [-0.2, -0.15) is 0 Å². The lowest BCUT2D eigenvalue weighted by Crippen LogP contribution is -1.97. The molecule has 0 unspecified atom stereocenters. The molecule has 2 nitrogen and oxygen atoms in total. The lowest BCUT2D eigenvalue weighted by atomic mass is 10.1. The van der Waals surface area contributed by atoms with Crippen molar-refractivity contribution >= 4 is 0 Å². The molecular weight excluding hydrogens is 267 g/mol. The number of aliphatic hydroxyl groups excluding tert-OH is 1. The summed E-state index contributed by atoms with van der Waals surface area (Å²) < 4.78 is 19.2. The molecule has 0 aliphatic rings. The van der Waals surface area contributed by atoms with Crippen LogP contribution in [0.3, 0.4) is 0 Å². The van der Waals surface area contributed by atoms with Crippen molar-refractivity contribution in [2.45, 2.75) is 20.0 Å². The second-order valence-corrected chi connectivity index (χ2v) is 4.56. The van der Waals surface area contributed by atoms with E-state index in [0.717, 1.165) is 17.7 Å². The largest absolute Gasteiger partial charge is 0.489 e. The zero-order chi connectivity index (χ0) is 15.1. The molecule has 0 aliphatic carbocycles. The van der Waals surface area contributed by atoms with Crippen molar-refractivity contribution in [2.75, 3.05) is 6.61 Å². The number of ether oxygens (including phenoxy) is 1. The molecule has 2 rings (SSSR count). The summed E-state index contributed by atoms with van der Waals surface area (Å²) >= 11 is 0. The zero-order valence-corrected chi connectivity index (χ0v) is 11.9. The Morgan fingerprint density at radius 3 is 2.76 bits per heavy atom. The normalized spacial score (nSPS) is 9.86. The molecule has 0 amide bonds. The first kappa shape index (κ1) is 15.1. The third kappa shape index (κ3) is 4.34. The van der Waals surface area contributed by atoms with E-state index in [0.29, 0.717) is 6.61 Å². The van der Waals surface area contributed by atoms with E-state index in [1.54, 1.807) is 12.1 Å². The summed E-state index contributed by atoms with van der Waals surface area (Å²) in [7, 11) is 0. The Morgan fingerprint density at radius 2 is 2.00 bits per heavy atom. The van der Waals surface area contributed by atoms with Crippen molar-refractivity contribution in [3.05, 3.63) is 65.0 Å². The molecule has 0 fully saturated rings. The van der Waals surface area contributed by atoms with Gasteiger partial charge in [0.2, 0.25) is 0 Å². The molecule has 0 saturated carbocycles. The Hall–Kier alpha value is -2.31. The highest BCUT2D eigenvalue weighted by atomic mass is 19.1. The van der Waals surface area contributed by atoms with E-state index in [1.165, 1.54) is 11.6 Å². The van der Waals surface area contributed by atoms with Gasteiger partial charge in [-0.1, -0.05) is 37.0 Å². The maximum atomic E-state index is 13.5. The van der Waals surface area contributed by atoms with Gasteiger partial charge in [-0.05, 0) is 41.8 Å². The molecular formula is C18H17FO2. The molecule has 3 heteroatoms. The quantitative estimate of drug-likeness (QED) is 0.873. The van der Waals surface area contributed by atoms with Gasteiger partial charge in [-0.15, -0.1) is 0 Å². The monoisotopic (exact) mass is 284 g/mol. The molecule has 21 heavy (non-hydrogen) atoms. The predicted molar refractivity (Wildman–Crippen MR) is 80.5 cm³/mol. The van der Waals surface area contributed by atoms with E-state index in [4.69, 9.17) is 9.84 Å². The number of hydrogen-bond acceptors (Lipinski definition) is 2. The first-order chi connectivity index (χ1) is 10.2. The van der Waals surface area contributed by atoms with Gasteiger partial charge in [-0.3, -0.25) is 0 Å². The molecule has 0 radical (unpaired) electrons. The standard InChI is InChI=1S/C18H17FO2/c1-2-14-5-3-7-17(12-14)21-13-15-8-9-18(19)16(11-15)6-4-10-20/h3,5,7-9,11-12,20H,2,10,13H2,1H3. The van der Waals surface area contributed by atoms with Crippen LogP contribution in [0.2, 0.25) is 0 Å². The number of halogens is 1. The van der Waals surface area contributed by atoms with Gasteiger partial charge in [0.15, 0.2) is 0 Å². The average Bonchev–Trinajstić information content (AvgIpc) is 2.53. The fourth-order valence-electron chi connectivity index (χ4n) is 1.91. The van der Waals surface area contributed by atoms with Crippen LogP contribution in [0.25, 0.3) is 0 Å². The number of hydrogen-bond donors (Lipinski definition) is 1. The van der Waals surface area contributed by atoms with Gasteiger partial charge in [-0.25, -0.2) is 4.39 Å². The zero-order valence-electron chi connectivity index (χ0n) is 11.9. The van der Waals surface area contributed by atoms with Gasteiger partial charge in [0.1, 0.15) is 24.8 Å². The SMILES string of the molecule is CCc1cccc(OCc2ccc(F)c(C#CCO)c2)c1. The minimum atomic E-state index is -0.396. The Labute approximate surface area is 124 Å². The molecule has 108 valence electrons. The van der Waals surface area contributed by atoms with Crippen LogP contribution < -0.4 is 4.74 Å². The van der Waals surface area contributed by atoms with E-state index in [9.17, 15) is 4.39 Å². The van der Waals surface area contributed by atoms with Crippen LogP contribution in [0, 0.1) is 17.7 Å². The van der Waals surface area contributed by atoms with Crippen molar-refractivity contribution in [1.29, 1.82) is 0 Å². The molecule has 0 spiro atoms. The summed E-state index contributed by atoms with van der Waals surface area (Å²) in [6, 6.07) is 12.6. The van der Waals surface area contributed by atoms with Crippen LogP contribution in [-0.2, 0) is 13.0 Å². The average molecular weight is 284 g/mol. The Balaban J connectivity index is 2.09. The van der Waals surface area contributed by atoms with Crippen molar-refractivity contribution in [1.82, 2.24) is 0 Å². The molecule has 0 aromatic heterocycles. The summed E-state index contributed by atoms with van der Waals surface area (Å²) in [5, 5.41) is 8.67. The third-order valence-electron chi connectivity index (χ3n) is 3.05. The number of rotatable bonds is 4. The fourth-order valence-corrected chi connectivity index (χ4v) is 1.91. The maximum absolute atomic E-state index is 13.5. The minimum Gasteiger partial charge on any atom is -0.489 e. The summed E-state index contributed by atoms with van der Waals surface area (Å²) in [5.74, 6) is 5.43. The van der Waals surface area contributed by atoms with E-state index in [1.807, 2.05) is 24.3 Å². The second kappa shape index (κ2) is 7.47. The van der Waals surface area contributed by atoms with Crippen molar-refractivity contribution in [3.8, 4) is 17.6 Å². The number of benzene rings is 2. The Bertz CT molecular complexity index is 668. The number of aryl methyl sites for hydroxylation is 1. The number of aliphatic hydroxyl groups is 1. The van der Waals surface area contributed by atoms with Crippen LogP contribution in [0.5, 0.6) is 5.75 Å². The van der Waals surface area contributed by atoms with Gasteiger partial charge >= 0.3 is 0 Å². The second-order valence-electron chi connectivity index (χ2n) is 4.56. The summed E-state index contributed by atoms with van der Waals surface area (Å²) in [4.78, 5) is 0. The van der Waals surface area contributed by atoms with Crippen LogP contribution in [-0.4, -0.2) is 11.7 Å². The molecule has 0 atom stereocenters. The molecule has 2 aromatic rings. The summed E-state index contributed by atoms with van der Waals surface area (Å²) in [6.45, 7) is 2.15. The highest BCUT2D eigenvalue weighted by molar-refractivity contribution is 5.38. The molecule has 0 saturated heterocycles. The topological polar surface area (TPSA) is 29.5 Å². The van der Waals surface area contributed by atoms with E-state index in [-0.39, 0.29) is 12.2 Å². The summed E-state index contributed by atoms with van der Waals surface area (Å²) in [6.07, 6.45) is 0.953. The van der Waals surface area contributed by atoms with Crippen LogP contribution in [0.15, 0.2) is 42.5 Å². The van der Waals surface area contributed by atoms with Crippen LogP contribution in [0.1, 0.15) is 23.6 Å². The summed E-state index contributed by atoms with van der Waals surface area (Å²) in [5.41, 5.74) is 2.31. The van der Waals surface area contributed by atoms with Crippen molar-refractivity contribution in [3.63, 3.8) is 0 Å². The van der Waals surface area contributed by atoms with Crippen LogP contribution >= 0.6 is 0 Å². The lowest BCUT2D eigenvalue weighted by molar-refractivity contribution is 0.305. The van der Waals surface area contributed by atoms with E-state index >= 15 is 0 Å². The smallest absolute Gasteiger partial charge is 0.138 e. The van der Waals surface area contributed by atoms with Gasteiger partial charge < -0.3 is 9.84 Å². The fraction of sp³-hybridized carbons (Fsp3) is 0.222. The van der Waals surface area contributed by atoms with E-state index < -0.39 is 5.82 Å². The molecule has 0 aliphatic heterocycles. The van der Waals surface area contributed by atoms with E-state index in [2.05, 4.69) is 18.8 Å². The lowest BCUT2D eigenvalue weighted by Gasteiger charge is -2.08.